The molecule has 1 atom stereocenters. The van der Waals surface area contributed by atoms with Crippen molar-refractivity contribution in [2.24, 2.45) is 0 Å². The number of nitrogens with zero attached hydrogens (tertiary/aromatic N) is 1. The molecule has 0 aromatic heterocycles. The molecule has 2 N–H and O–H groups in total. The largest absolute Gasteiger partial charge is 0.457 e. The van der Waals surface area contributed by atoms with E-state index in [0.717, 1.165) is 17.7 Å². The van der Waals surface area contributed by atoms with E-state index in [1.165, 1.54) is 6.07 Å². The number of piperidine rings is 1. The summed E-state index contributed by atoms with van der Waals surface area (Å²) in [5, 5.41) is 4.90. The zero-order valence-electron chi connectivity index (χ0n) is 36.8. The highest BCUT2D eigenvalue weighted by Gasteiger charge is 2.45. The first-order valence-corrected chi connectivity index (χ1v) is 21.9. The lowest BCUT2D eigenvalue weighted by Crippen LogP contribution is -2.54. The Morgan fingerprint density at radius 3 is 1.55 bits per heavy atom. The molecule has 0 radical (unpaired) electrons. The number of esters is 1. The van der Waals surface area contributed by atoms with Gasteiger partial charge in [0.05, 0.1) is 129 Å². The number of unbranched alkanes of at least 4 members (excludes halogenated alkanes) is 2. The summed E-state index contributed by atoms with van der Waals surface area (Å²) in [6, 6.07) is 11.7. The molecule has 1 unspecified atom stereocenters. The SMILES string of the molecule is O=C1CCC(N2C(=O)c3cccc(NC(=O)CCCCCOCCOCCOCCOCCOCCOCCOCCOCCOCCOC(=O)C(=O)c4ccccc4)c3C2=O)C(=O)N1. The number of anilines is 1. The van der Waals surface area contributed by atoms with Gasteiger partial charge in [0, 0.05) is 25.0 Å². The van der Waals surface area contributed by atoms with Crippen LogP contribution in [0.2, 0.25) is 0 Å². The second kappa shape index (κ2) is 31.8. The van der Waals surface area contributed by atoms with E-state index in [4.69, 9.17) is 47.4 Å². The number of fused-ring (bicyclic) bond motifs is 1. The molecule has 20 nitrogen and oxygen atoms in total. The van der Waals surface area contributed by atoms with Crippen molar-refractivity contribution in [3.05, 3.63) is 65.2 Å². The van der Waals surface area contributed by atoms with Crippen molar-refractivity contribution in [3.63, 3.8) is 0 Å². The summed E-state index contributed by atoms with van der Waals surface area (Å²) in [5.74, 6) is -4.35. The van der Waals surface area contributed by atoms with E-state index in [0.29, 0.717) is 119 Å². The van der Waals surface area contributed by atoms with Crippen LogP contribution in [-0.2, 0) is 66.5 Å². The topological polar surface area (TPSA) is 239 Å². The summed E-state index contributed by atoms with van der Waals surface area (Å²) < 4.78 is 54.2. The minimum atomic E-state index is -1.08. The first-order valence-electron chi connectivity index (χ1n) is 21.9. The average molecular weight is 916 g/mol. The minimum absolute atomic E-state index is 0.0197. The third-order valence-electron chi connectivity index (χ3n) is 9.59. The fourth-order valence-corrected chi connectivity index (χ4v) is 6.33. The van der Waals surface area contributed by atoms with Gasteiger partial charge in [0.15, 0.2) is 0 Å². The quantitative estimate of drug-likeness (QED) is 0.0325. The highest BCUT2D eigenvalue weighted by molar-refractivity contribution is 6.40. The van der Waals surface area contributed by atoms with Crippen molar-refractivity contribution in [2.45, 2.75) is 44.6 Å². The Bertz CT molecular complexity index is 1800. The first kappa shape index (κ1) is 52.6. The van der Waals surface area contributed by atoms with Crippen LogP contribution in [0.1, 0.15) is 69.6 Å². The van der Waals surface area contributed by atoms with Crippen molar-refractivity contribution in [1.82, 2.24) is 10.2 Å². The number of carbonyl (C=O) groups excluding carboxylic acids is 7. The summed E-state index contributed by atoms with van der Waals surface area (Å²) in [4.78, 5) is 87.3. The summed E-state index contributed by atoms with van der Waals surface area (Å²) in [5.41, 5.74) is 0.644. The Hall–Kier alpha value is -5.03. The van der Waals surface area contributed by atoms with E-state index < -0.39 is 41.4 Å². The predicted molar refractivity (Wildman–Crippen MR) is 229 cm³/mol. The summed E-state index contributed by atoms with van der Waals surface area (Å²) in [6.07, 6.45) is 2.40. The lowest BCUT2D eigenvalue weighted by molar-refractivity contribution is -0.140. The van der Waals surface area contributed by atoms with Gasteiger partial charge in [-0.2, -0.15) is 0 Å². The van der Waals surface area contributed by atoms with Gasteiger partial charge in [-0.15, -0.1) is 0 Å². The molecule has 65 heavy (non-hydrogen) atoms. The van der Waals surface area contributed by atoms with E-state index >= 15 is 0 Å². The number of Topliss-reactive ketones (excluding diaryl/α,β-unsaturated/α-hetero) is 1. The Kier molecular flexibility index (Phi) is 25.7. The molecule has 0 spiro atoms. The molecule has 20 heteroatoms. The van der Waals surface area contributed by atoms with E-state index in [1.807, 2.05) is 0 Å². The van der Waals surface area contributed by atoms with Crippen LogP contribution in [0, 0.1) is 0 Å². The highest BCUT2D eigenvalue weighted by atomic mass is 16.6. The van der Waals surface area contributed by atoms with Crippen LogP contribution >= 0.6 is 0 Å². The van der Waals surface area contributed by atoms with Crippen molar-refractivity contribution in [1.29, 1.82) is 0 Å². The van der Waals surface area contributed by atoms with Gasteiger partial charge in [0.25, 0.3) is 17.6 Å². The van der Waals surface area contributed by atoms with Crippen LogP contribution in [0.3, 0.4) is 0 Å². The van der Waals surface area contributed by atoms with Gasteiger partial charge in [0.1, 0.15) is 12.6 Å². The van der Waals surface area contributed by atoms with Gasteiger partial charge in [-0.05, 0) is 31.4 Å². The van der Waals surface area contributed by atoms with Crippen LogP contribution in [0.15, 0.2) is 48.5 Å². The van der Waals surface area contributed by atoms with Crippen molar-refractivity contribution >= 4 is 47.0 Å². The molecule has 2 heterocycles. The molecule has 2 aromatic carbocycles. The number of ketones is 1. The number of imide groups is 2. The smallest absolute Gasteiger partial charge is 0.379 e. The van der Waals surface area contributed by atoms with E-state index in [-0.39, 0.29) is 60.8 Å². The van der Waals surface area contributed by atoms with Gasteiger partial charge in [-0.1, -0.05) is 42.8 Å². The van der Waals surface area contributed by atoms with Gasteiger partial charge in [0.2, 0.25) is 17.7 Å². The average Bonchev–Trinajstić information content (AvgIpc) is 3.56. The number of ether oxygens (including phenoxy) is 10. The molecule has 0 saturated carbocycles. The molecule has 358 valence electrons. The van der Waals surface area contributed by atoms with Crippen LogP contribution in [0.5, 0.6) is 0 Å². The third-order valence-corrected chi connectivity index (χ3v) is 9.59. The molecule has 0 bridgehead atoms. The zero-order chi connectivity index (χ0) is 46.3. The van der Waals surface area contributed by atoms with Crippen molar-refractivity contribution in [3.8, 4) is 0 Å². The van der Waals surface area contributed by atoms with Crippen LogP contribution in [0.25, 0.3) is 0 Å². The van der Waals surface area contributed by atoms with E-state index in [2.05, 4.69) is 10.6 Å². The van der Waals surface area contributed by atoms with Crippen LogP contribution in [-0.4, -0.2) is 178 Å². The molecule has 2 aliphatic rings. The number of amides is 5. The molecule has 0 aliphatic carbocycles. The zero-order valence-corrected chi connectivity index (χ0v) is 36.8. The fraction of sp³-hybridized carbons (Fsp3) is 0.578. The Balaban J connectivity index is 0.819. The number of benzene rings is 2. The molecule has 1 fully saturated rings. The lowest BCUT2D eigenvalue weighted by Gasteiger charge is -2.27. The maximum atomic E-state index is 13.2. The second-order valence-corrected chi connectivity index (χ2v) is 14.4. The molecule has 2 aliphatic heterocycles. The summed E-state index contributed by atoms with van der Waals surface area (Å²) in [7, 11) is 0. The van der Waals surface area contributed by atoms with Gasteiger partial charge in [-0.3, -0.25) is 39.0 Å². The Morgan fingerprint density at radius 1 is 0.554 bits per heavy atom. The van der Waals surface area contributed by atoms with Gasteiger partial charge < -0.3 is 52.7 Å². The first-order chi connectivity index (χ1) is 31.8. The summed E-state index contributed by atoms with van der Waals surface area (Å²) >= 11 is 0. The maximum Gasteiger partial charge on any atom is 0.379 e. The minimum Gasteiger partial charge on any atom is -0.457 e. The van der Waals surface area contributed by atoms with E-state index in [1.54, 1.807) is 42.5 Å². The number of rotatable bonds is 37. The standard InChI is InChI=1S/C45H61N3O17/c49-38(46-36-11-7-10-35-40(36)44(54)48(43(35)53)37-13-14-39(50)47-42(37)52)12-5-2-6-15-56-16-17-57-18-19-58-20-21-59-22-23-60-24-25-61-26-27-62-28-29-63-30-31-64-32-33-65-45(55)41(51)34-8-3-1-4-9-34/h1,3-4,7-11,37H,2,5-6,12-33H2,(H,46,49)(H,47,50,52). The van der Waals surface area contributed by atoms with Gasteiger partial charge in [-0.25, -0.2) is 4.79 Å². The van der Waals surface area contributed by atoms with Gasteiger partial charge >= 0.3 is 5.97 Å². The number of nitrogens with one attached hydrogen (secondary N) is 2. The fourth-order valence-electron chi connectivity index (χ4n) is 6.33. The number of hydrogen-bond acceptors (Lipinski definition) is 17. The molecular weight excluding hydrogens is 854 g/mol. The molecule has 4 rings (SSSR count). The Labute approximate surface area is 378 Å². The number of carbonyl (C=O) groups is 7. The second-order valence-electron chi connectivity index (χ2n) is 14.4. The molecule has 1 saturated heterocycles. The normalized spacial score (nSPS) is 14.7. The van der Waals surface area contributed by atoms with Crippen LogP contribution in [0.4, 0.5) is 5.69 Å². The van der Waals surface area contributed by atoms with Crippen LogP contribution < -0.4 is 10.6 Å². The number of hydrogen-bond donors (Lipinski definition) is 2. The molecule has 2 aromatic rings. The predicted octanol–water partition coefficient (Wildman–Crippen LogP) is 2.16. The van der Waals surface area contributed by atoms with Crippen molar-refractivity contribution < 1.29 is 80.9 Å². The third kappa shape index (κ3) is 19.9. The highest BCUT2D eigenvalue weighted by Crippen LogP contribution is 2.32. The summed E-state index contributed by atoms with van der Waals surface area (Å²) in [6.45, 7) is 7.39. The lowest BCUT2D eigenvalue weighted by atomic mass is 10.0. The molecular formula is C45H61N3O17. The van der Waals surface area contributed by atoms with E-state index in [9.17, 15) is 33.6 Å². The van der Waals surface area contributed by atoms with Crippen molar-refractivity contribution in [2.75, 3.05) is 131 Å². The maximum absolute atomic E-state index is 13.2. The molecule has 5 amide bonds. The Morgan fingerprint density at radius 2 is 1.05 bits per heavy atom. The monoisotopic (exact) mass is 915 g/mol.